The van der Waals surface area contributed by atoms with E-state index >= 15 is 0 Å². The second kappa shape index (κ2) is 6.08. The van der Waals surface area contributed by atoms with Gasteiger partial charge in [0.25, 0.3) is 0 Å². The lowest BCUT2D eigenvalue weighted by Crippen LogP contribution is -2.21. The fourth-order valence-corrected chi connectivity index (χ4v) is 3.79. The van der Waals surface area contributed by atoms with E-state index in [2.05, 4.69) is 10.3 Å². The summed E-state index contributed by atoms with van der Waals surface area (Å²) in [5.74, 6) is 0.476. The van der Waals surface area contributed by atoms with Crippen LogP contribution in [0.15, 0.2) is 18.2 Å². The summed E-state index contributed by atoms with van der Waals surface area (Å²) >= 11 is 1.56. The van der Waals surface area contributed by atoms with Crippen LogP contribution in [0.25, 0.3) is 0 Å². The van der Waals surface area contributed by atoms with Gasteiger partial charge < -0.3 is 20.1 Å². The predicted octanol–water partition coefficient (Wildman–Crippen LogP) is 2.08. The number of fused-ring (bicyclic) bond motifs is 1. The molecule has 2 aromatic rings. The van der Waals surface area contributed by atoms with Gasteiger partial charge in [-0.2, -0.15) is 0 Å². The fourth-order valence-electron chi connectivity index (χ4n) is 2.67. The number of methoxy groups -OCH3 is 1. The summed E-state index contributed by atoms with van der Waals surface area (Å²) in [7, 11) is 5.44. The number of hydrogen-bond acceptors (Lipinski definition) is 6. The van der Waals surface area contributed by atoms with Crippen molar-refractivity contribution in [3.63, 3.8) is 0 Å². The summed E-state index contributed by atoms with van der Waals surface area (Å²) in [5.41, 5.74) is 1.59. The number of rotatable bonds is 3. The van der Waals surface area contributed by atoms with Gasteiger partial charge in [0.1, 0.15) is 11.5 Å². The second-order valence-corrected chi connectivity index (χ2v) is 6.67. The van der Waals surface area contributed by atoms with Crippen LogP contribution in [-0.2, 0) is 11.3 Å². The molecule has 0 bridgehead atoms. The highest BCUT2D eigenvalue weighted by atomic mass is 32.1. The van der Waals surface area contributed by atoms with Gasteiger partial charge in [-0.1, -0.05) is 6.07 Å². The zero-order valence-electron chi connectivity index (χ0n) is 13.3. The normalized spacial score (nSPS) is 17.2. The lowest BCUT2D eigenvalue weighted by atomic mass is 9.92. The maximum absolute atomic E-state index is 12.0. The third-order valence-electron chi connectivity index (χ3n) is 3.87. The summed E-state index contributed by atoms with van der Waals surface area (Å²) in [5, 5.41) is 14.1. The molecule has 1 aliphatic rings. The summed E-state index contributed by atoms with van der Waals surface area (Å²) in [6, 6.07) is 5.19. The highest BCUT2D eigenvalue weighted by molar-refractivity contribution is 7.15. The topological polar surface area (TPSA) is 74.7 Å². The first-order valence-electron chi connectivity index (χ1n) is 7.30. The fraction of sp³-hybridized carbons (Fsp3) is 0.375. The van der Waals surface area contributed by atoms with Crippen LogP contribution in [0.2, 0.25) is 0 Å². The quantitative estimate of drug-likeness (QED) is 0.899. The maximum atomic E-state index is 12.0. The first kappa shape index (κ1) is 15.6. The number of phenols is 1. The Labute approximate surface area is 138 Å². The molecule has 1 atom stereocenters. The first-order chi connectivity index (χ1) is 11.0. The Bertz CT molecular complexity index is 742. The molecule has 1 aromatic carbocycles. The van der Waals surface area contributed by atoms with Gasteiger partial charge in [0, 0.05) is 42.9 Å². The Morgan fingerprint density at radius 1 is 1.43 bits per heavy atom. The largest absolute Gasteiger partial charge is 0.508 e. The number of hydrogen-bond donors (Lipinski definition) is 2. The van der Waals surface area contributed by atoms with E-state index in [1.807, 2.05) is 25.1 Å². The number of aromatic nitrogens is 1. The smallest absolute Gasteiger partial charge is 0.221 e. The minimum atomic E-state index is -0.204. The number of benzene rings is 1. The van der Waals surface area contributed by atoms with Crippen molar-refractivity contribution in [2.75, 3.05) is 26.1 Å². The van der Waals surface area contributed by atoms with Crippen LogP contribution in [-0.4, -0.2) is 37.2 Å². The van der Waals surface area contributed by atoms with Crippen LogP contribution in [0.5, 0.6) is 11.5 Å². The van der Waals surface area contributed by atoms with Crippen molar-refractivity contribution < 1.29 is 14.6 Å². The molecule has 1 aromatic heterocycles. The summed E-state index contributed by atoms with van der Waals surface area (Å²) < 4.78 is 5.13. The van der Waals surface area contributed by atoms with Gasteiger partial charge in [-0.15, -0.1) is 11.3 Å². The van der Waals surface area contributed by atoms with E-state index in [4.69, 9.17) is 4.74 Å². The number of amides is 1. The molecule has 7 heteroatoms. The molecular formula is C16H19N3O3S. The van der Waals surface area contributed by atoms with Gasteiger partial charge in [-0.05, 0) is 6.07 Å². The molecule has 0 radical (unpaired) electrons. The number of anilines is 1. The summed E-state index contributed by atoms with van der Waals surface area (Å²) in [4.78, 5) is 19.6. The van der Waals surface area contributed by atoms with Crippen molar-refractivity contribution in [2.24, 2.45) is 0 Å². The second-order valence-electron chi connectivity index (χ2n) is 5.66. The van der Waals surface area contributed by atoms with Crippen molar-refractivity contribution in [3.8, 4) is 11.5 Å². The number of carbonyl (C=O) groups excluding carboxylic acids is 1. The van der Waals surface area contributed by atoms with Crippen LogP contribution in [0.3, 0.4) is 0 Å². The number of thiazole rings is 1. The number of carbonyl (C=O) groups is 1. The van der Waals surface area contributed by atoms with Crippen LogP contribution in [0.1, 0.15) is 28.5 Å². The lowest BCUT2D eigenvalue weighted by molar-refractivity contribution is -0.121. The maximum Gasteiger partial charge on any atom is 0.221 e. The van der Waals surface area contributed by atoms with Crippen LogP contribution in [0.4, 0.5) is 5.13 Å². The molecule has 0 fully saturated rings. The van der Waals surface area contributed by atoms with Crippen LogP contribution in [0, 0.1) is 0 Å². The minimum Gasteiger partial charge on any atom is -0.508 e. The highest BCUT2D eigenvalue weighted by Gasteiger charge is 2.30. The molecule has 6 nitrogen and oxygen atoms in total. The van der Waals surface area contributed by atoms with Gasteiger partial charge in [-0.3, -0.25) is 4.79 Å². The van der Waals surface area contributed by atoms with E-state index < -0.39 is 0 Å². The monoisotopic (exact) mass is 333 g/mol. The highest BCUT2D eigenvalue weighted by Crippen LogP contribution is 2.42. The van der Waals surface area contributed by atoms with Crippen molar-refractivity contribution in [2.45, 2.75) is 18.9 Å². The van der Waals surface area contributed by atoms with E-state index in [0.717, 1.165) is 21.3 Å². The molecule has 2 N–H and O–H groups in total. The molecule has 2 heterocycles. The Kier molecular flexibility index (Phi) is 4.12. The number of aromatic hydroxyl groups is 1. The lowest BCUT2D eigenvalue weighted by Gasteiger charge is -2.16. The zero-order valence-corrected chi connectivity index (χ0v) is 14.1. The number of ether oxygens (including phenoxy) is 1. The molecule has 3 rings (SSSR count). The van der Waals surface area contributed by atoms with Gasteiger partial charge in [0.15, 0.2) is 5.13 Å². The molecule has 0 aliphatic carbocycles. The standard InChI is InChI=1S/C16H19N3O3S/c1-19(2)16-18-12-8-17-14(21)7-11(15(12)23-16)10-5-4-9(22-3)6-13(10)20/h4-6,11,20H,7-8H2,1-3H3,(H,17,21)/t11-/m0/s1. The molecule has 1 amide bonds. The average molecular weight is 333 g/mol. The average Bonchev–Trinajstić information content (AvgIpc) is 2.89. The molecule has 122 valence electrons. The van der Waals surface area contributed by atoms with E-state index in [1.165, 1.54) is 0 Å². The number of nitrogens with zero attached hydrogens (tertiary/aromatic N) is 2. The van der Waals surface area contributed by atoms with E-state index in [0.29, 0.717) is 18.7 Å². The summed E-state index contributed by atoms with van der Waals surface area (Å²) in [6.45, 7) is 0.423. The number of phenolic OH excluding ortho intramolecular Hbond substituents is 1. The first-order valence-corrected chi connectivity index (χ1v) is 8.11. The van der Waals surface area contributed by atoms with Gasteiger partial charge in [0.2, 0.25) is 5.91 Å². The minimum absolute atomic E-state index is 0.0400. The Hall–Kier alpha value is -2.28. The van der Waals surface area contributed by atoms with E-state index in [1.54, 1.807) is 30.6 Å². The summed E-state index contributed by atoms with van der Waals surface area (Å²) in [6.07, 6.45) is 0.294. The van der Waals surface area contributed by atoms with Crippen molar-refractivity contribution >= 4 is 22.4 Å². The Morgan fingerprint density at radius 3 is 2.87 bits per heavy atom. The number of nitrogens with one attached hydrogen (secondary N) is 1. The molecule has 0 unspecified atom stereocenters. The van der Waals surface area contributed by atoms with Gasteiger partial charge in [0.05, 0.1) is 19.3 Å². The van der Waals surface area contributed by atoms with Gasteiger partial charge in [-0.25, -0.2) is 4.98 Å². The van der Waals surface area contributed by atoms with E-state index in [-0.39, 0.29) is 17.6 Å². The molecule has 0 saturated carbocycles. The molecule has 0 saturated heterocycles. The van der Waals surface area contributed by atoms with E-state index in [9.17, 15) is 9.90 Å². The zero-order chi connectivity index (χ0) is 16.6. The van der Waals surface area contributed by atoms with Crippen molar-refractivity contribution in [1.29, 1.82) is 0 Å². The molecular weight excluding hydrogens is 314 g/mol. The van der Waals surface area contributed by atoms with Crippen LogP contribution >= 0.6 is 11.3 Å². The van der Waals surface area contributed by atoms with Crippen molar-refractivity contribution in [3.05, 3.63) is 34.3 Å². The Morgan fingerprint density at radius 2 is 2.22 bits per heavy atom. The third kappa shape index (κ3) is 2.96. The molecule has 0 spiro atoms. The Balaban J connectivity index is 2.08. The van der Waals surface area contributed by atoms with Crippen LogP contribution < -0.4 is 15.0 Å². The third-order valence-corrected chi connectivity index (χ3v) is 5.25. The van der Waals surface area contributed by atoms with Crippen molar-refractivity contribution in [1.82, 2.24) is 10.3 Å². The molecule has 1 aliphatic heterocycles. The SMILES string of the molecule is COc1ccc([C@@H]2CC(=O)NCc3nc(N(C)C)sc32)c(O)c1. The predicted molar refractivity (Wildman–Crippen MR) is 89.4 cm³/mol. The molecule has 23 heavy (non-hydrogen) atoms. The van der Waals surface area contributed by atoms with Gasteiger partial charge >= 0.3 is 0 Å².